The van der Waals surface area contributed by atoms with E-state index in [9.17, 15) is 0 Å². The van der Waals surface area contributed by atoms with Gasteiger partial charge in [-0.2, -0.15) is 0 Å². The van der Waals surface area contributed by atoms with Crippen molar-refractivity contribution in [1.82, 2.24) is 5.32 Å². The summed E-state index contributed by atoms with van der Waals surface area (Å²) in [5, 5.41) is 3.09. The molecule has 0 saturated heterocycles. The number of aliphatic imine (C=N–C) groups is 1. The normalized spacial score (nSPS) is 16.9. The van der Waals surface area contributed by atoms with Gasteiger partial charge >= 0.3 is 0 Å². The van der Waals surface area contributed by atoms with E-state index in [0.29, 0.717) is 25.2 Å². The van der Waals surface area contributed by atoms with Crippen molar-refractivity contribution in [1.29, 1.82) is 0 Å². The standard InChI is InChI=1S/C18H29N3O3/c1-13(12-22-2)21-18(19)20-11-14-8-9-16(23-3)17(10-14)24-15-6-4-5-7-15/h8-10,13,15H,4-7,11-12H2,1-3H3,(H3,19,20,21). The monoisotopic (exact) mass is 335 g/mol. The van der Waals surface area contributed by atoms with Gasteiger partial charge in [0, 0.05) is 13.2 Å². The molecular weight excluding hydrogens is 306 g/mol. The molecule has 1 aromatic carbocycles. The lowest BCUT2D eigenvalue weighted by molar-refractivity contribution is 0.179. The van der Waals surface area contributed by atoms with Crippen molar-refractivity contribution in [2.24, 2.45) is 10.7 Å². The van der Waals surface area contributed by atoms with Gasteiger partial charge in [-0.1, -0.05) is 6.07 Å². The largest absolute Gasteiger partial charge is 0.493 e. The van der Waals surface area contributed by atoms with E-state index in [1.54, 1.807) is 14.2 Å². The van der Waals surface area contributed by atoms with Crippen LogP contribution in [0.3, 0.4) is 0 Å². The first-order valence-electron chi connectivity index (χ1n) is 8.51. The van der Waals surface area contributed by atoms with Crippen molar-refractivity contribution in [3.63, 3.8) is 0 Å². The number of rotatable bonds is 8. The molecule has 0 aromatic heterocycles. The maximum Gasteiger partial charge on any atom is 0.189 e. The van der Waals surface area contributed by atoms with E-state index in [0.717, 1.165) is 29.9 Å². The van der Waals surface area contributed by atoms with Crippen LogP contribution in [0.25, 0.3) is 0 Å². The van der Waals surface area contributed by atoms with Gasteiger partial charge in [-0.15, -0.1) is 0 Å². The number of ether oxygens (including phenoxy) is 3. The lowest BCUT2D eigenvalue weighted by atomic mass is 10.2. The highest BCUT2D eigenvalue weighted by Crippen LogP contribution is 2.32. The maximum absolute atomic E-state index is 6.10. The quantitative estimate of drug-likeness (QED) is 0.563. The number of nitrogens with one attached hydrogen (secondary N) is 1. The minimum Gasteiger partial charge on any atom is -0.493 e. The van der Waals surface area contributed by atoms with Gasteiger partial charge < -0.3 is 25.3 Å². The average Bonchev–Trinajstić information content (AvgIpc) is 3.06. The fraction of sp³-hybridized carbons (Fsp3) is 0.611. The molecule has 1 aromatic rings. The molecule has 1 atom stereocenters. The number of nitrogens with two attached hydrogens (primary N) is 1. The van der Waals surface area contributed by atoms with Crippen LogP contribution in [0.1, 0.15) is 38.2 Å². The van der Waals surface area contributed by atoms with Crippen molar-refractivity contribution in [2.45, 2.75) is 51.3 Å². The first kappa shape index (κ1) is 18.4. The minimum absolute atomic E-state index is 0.121. The highest BCUT2D eigenvalue weighted by atomic mass is 16.5. The van der Waals surface area contributed by atoms with Crippen LogP contribution >= 0.6 is 0 Å². The Bertz CT molecular complexity index is 542. The zero-order valence-electron chi connectivity index (χ0n) is 14.9. The third-order valence-corrected chi connectivity index (χ3v) is 4.07. The zero-order valence-corrected chi connectivity index (χ0v) is 14.9. The van der Waals surface area contributed by atoms with Crippen LogP contribution in [-0.4, -0.2) is 38.9 Å². The van der Waals surface area contributed by atoms with Gasteiger partial charge in [-0.05, 0) is 50.3 Å². The van der Waals surface area contributed by atoms with Gasteiger partial charge in [0.05, 0.1) is 26.4 Å². The van der Waals surface area contributed by atoms with Gasteiger partial charge in [0.15, 0.2) is 17.5 Å². The second-order valence-electron chi connectivity index (χ2n) is 6.21. The summed E-state index contributed by atoms with van der Waals surface area (Å²) in [6.45, 7) is 3.06. The number of hydrogen-bond donors (Lipinski definition) is 2. The Labute approximate surface area is 144 Å². The van der Waals surface area contributed by atoms with Crippen LogP contribution in [-0.2, 0) is 11.3 Å². The summed E-state index contributed by atoms with van der Waals surface area (Å²) >= 11 is 0. The van der Waals surface area contributed by atoms with Gasteiger partial charge in [-0.25, -0.2) is 4.99 Å². The molecule has 1 aliphatic rings. The number of nitrogens with zero attached hydrogens (tertiary/aromatic N) is 1. The molecule has 134 valence electrons. The molecule has 0 amide bonds. The Morgan fingerprint density at radius 3 is 2.71 bits per heavy atom. The molecule has 0 spiro atoms. The summed E-state index contributed by atoms with van der Waals surface area (Å²) in [6.07, 6.45) is 4.98. The molecule has 1 fully saturated rings. The molecular formula is C18H29N3O3. The Hall–Kier alpha value is -1.95. The fourth-order valence-electron chi connectivity index (χ4n) is 2.86. The average molecular weight is 335 g/mol. The predicted octanol–water partition coefficient (Wildman–Crippen LogP) is 2.46. The summed E-state index contributed by atoms with van der Waals surface area (Å²) < 4.78 is 16.6. The van der Waals surface area contributed by atoms with Crippen LogP contribution in [0, 0.1) is 0 Å². The van der Waals surface area contributed by atoms with E-state index in [1.165, 1.54) is 12.8 Å². The smallest absolute Gasteiger partial charge is 0.189 e. The summed E-state index contributed by atoms with van der Waals surface area (Å²) in [4.78, 5) is 4.38. The van der Waals surface area contributed by atoms with Crippen LogP contribution in [0.2, 0.25) is 0 Å². The van der Waals surface area contributed by atoms with Gasteiger partial charge in [0.25, 0.3) is 0 Å². The number of hydrogen-bond acceptors (Lipinski definition) is 4. The molecule has 0 bridgehead atoms. The molecule has 6 heteroatoms. The van der Waals surface area contributed by atoms with Crippen LogP contribution < -0.4 is 20.5 Å². The van der Waals surface area contributed by atoms with E-state index in [1.807, 2.05) is 25.1 Å². The first-order chi connectivity index (χ1) is 11.6. The van der Waals surface area contributed by atoms with Crippen LogP contribution in [0.15, 0.2) is 23.2 Å². The number of methoxy groups -OCH3 is 2. The van der Waals surface area contributed by atoms with Crippen molar-refractivity contribution in [2.75, 3.05) is 20.8 Å². The third kappa shape index (κ3) is 5.60. The Morgan fingerprint density at radius 1 is 1.29 bits per heavy atom. The lowest BCUT2D eigenvalue weighted by Gasteiger charge is -2.17. The summed E-state index contributed by atoms with van der Waals surface area (Å²) in [5.74, 6) is 1.96. The highest BCUT2D eigenvalue weighted by Gasteiger charge is 2.18. The minimum atomic E-state index is 0.121. The van der Waals surface area contributed by atoms with Crippen molar-refractivity contribution >= 4 is 5.96 Å². The number of benzene rings is 1. The van der Waals surface area contributed by atoms with Crippen molar-refractivity contribution in [3.05, 3.63) is 23.8 Å². The van der Waals surface area contributed by atoms with Crippen LogP contribution in [0.5, 0.6) is 11.5 Å². The molecule has 1 unspecified atom stereocenters. The van der Waals surface area contributed by atoms with Crippen LogP contribution in [0.4, 0.5) is 0 Å². The molecule has 24 heavy (non-hydrogen) atoms. The molecule has 1 aliphatic carbocycles. The maximum atomic E-state index is 6.10. The summed E-state index contributed by atoms with van der Waals surface area (Å²) in [7, 11) is 3.32. The molecule has 0 heterocycles. The Morgan fingerprint density at radius 2 is 2.04 bits per heavy atom. The first-order valence-corrected chi connectivity index (χ1v) is 8.51. The molecule has 2 rings (SSSR count). The Kier molecular flexibility index (Phi) is 7.18. The summed E-state index contributed by atoms with van der Waals surface area (Å²) in [6, 6.07) is 6.02. The van der Waals surface area contributed by atoms with Crippen molar-refractivity contribution in [3.8, 4) is 11.5 Å². The van der Waals surface area contributed by atoms with E-state index < -0.39 is 0 Å². The van der Waals surface area contributed by atoms with E-state index in [4.69, 9.17) is 19.9 Å². The second-order valence-corrected chi connectivity index (χ2v) is 6.21. The molecule has 6 nitrogen and oxygen atoms in total. The van der Waals surface area contributed by atoms with Gasteiger partial charge in [-0.3, -0.25) is 0 Å². The molecule has 0 aliphatic heterocycles. The SMILES string of the molecule is COCC(C)NC(N)=NCc1ccc(OC)c(OC2CCCC2)c1. The fourth-order valence-corrected chi connectivity index (χ4v) is 2.86. The summed E-state index contributed by atoms with van der Waals surface area (Å²) in [5.41, 5.74) is 6.94. The van der Waals surface area contributed by atoms with E-state index in [2.05, 4.69) is 10.3 Å². The topological polar surface area (TPSA) is 78.1 Å². The molecule has 1 saturated carbocycles. The molecule has 0 radical (unpaired) electrons. The van der Waals surface area contributed by atoms with E-state index in [-0.39, 0.29) is 6.04 Å². The van der Waals surface area contributed by atoms with Gasteiger partial charge in [0.2, 0.25) is 0 Å². The third-order valence-electron chi connectivity index (χ3n) is 4.07. The second kappa shape index (κ2) is 9.37. The van der Waals surface area contributed by atoms with Crippen molar-refractivity contribution < 1.29 is 14.2 Å². The molecule has 3 N–H and O–H groups in total. The highest BCUT2D eigenvalue weighted by molar-refractivity contribution is 5.78. The number of guanidine groups is 1. The zero-order chi connectivity index (χ0) is 17.4. The lowest BCUT2D eigenvalue weighted by Crippen LogP contribution is -2.40. The van der Waals surface area contributed by atoms with E-state index >= 15 is 0 Å². The van der Waals surface area contributed by atoms with Gasteiger partial charge in [0.1, 0.15) is 0 Å². The Balaban J connectivity index is 1.99. The predicted molar refractivity (Wildman–Crippen MR) is 95.7 cm³/mol.